The number of anilines is 2. The highest BCUT2D eigenvalue weighted by atomic mass is 32.1. The molecule has 4 rings (SSSR count). The summed E-state index contributed by atoms with van der Waals surface area (Å²) in [7, 11) is 1.34. The Bertz CT molecular complexity index is 946. The van der Waals surface area contributed by atoms with E-state index in [1.165, 1.54) is 12.0 Å². The quantitative estimate of drug-likeness (QED) is 0.599. The Balaban J connectivity index is 1.86. The molecule has 2 heterocycles. The number of ether oxygens (including phenoxy) is 1. The van der Waals surface area contributed by atoms with E-state index in [4.69, 9.17) is 4.74 Å². The fraction of sp³-hybridized carbons (Fsp3) is 0.333. The number of para-hydroxylation sites is 2. The lowest BCUT2D eigenvalue weighted by molar-refractivity contribution is -0.151. The summed E-state index contributed by atoms with van der Waals surface area (Å²) in [6, 6.07) is 11.7. The normalized spacial score (nSPS) is 24.3. The van der Waals surface area contributed by atoms with Gasteiger partial charge in [-0.1, -0.05) is 19.1 Å². The van der Waals surface area contributed by atoms with Gasteiger partial charge in [0, 0.05) is 21.0 Å². The molecule has 140 valence electrons. The first-order valence-electron chi connectivity index (χ1n) is 9.03. The Labute approximate surface area is 162 Å². The summed E-state index contributed by atoms with van der Waals surface area (Å²) in [6.07, 6.45) is 0.623. The Morgan fingerprint density at radius 1 is 1.19 bits per heavy atom. The third-order valence-electron chi connectivity index (χ3n) is 5.27. The molecule has 0 bridgehead atoms. The van der Waals surface area contributed by atoms with E-state index >= 15 is 0 Å². The molecule has 1 aromatic heterocycles. The molecule has 5 nitrogen and oxygen atoms in total. The molecule has 0 fully saturated rings. The van der Waals surface area contributed by atoms with E-state index in [2.05, 4.69) is 22.8 Å². The molecule has 0 saturated carbocycles. The predicted octanol–water partition coefficient (Wildman–Crippen LogP) is 4.29. The molecule has 1 aliphatic heterocycles. The van der Waals surface area contributed by atoms with Gasteiger partial charge in [-0.2, -0.15) is 0 Å². The van der Waals surface area contributed by atoms with Crippen molar-refractivity contribution in [2.45, 2.75) is 26.3 Å². The van der Waals surface area contributed by atoms with Crippen molar-refractivity contribution in [3.8, 4) is 0 Å². The Morgan fingerprint density at radius 2 is 1.93 bits per heavy atom. The highest BCUT2D eigenvalue weighted by Crippen LogP contribution is 2.44. The molecular formula is C21H22N2O3S. The predicted molar refractivity (Wildman–Crippen MR) is 107 cm³/mol. The molecule has 0 saturated heterocycles. The number of hydrogen-bond donors (Lipinski definition) is 2. The molecule has 0 radical (unpaired) electrons. The van der Waals surface area contributed by atoms with Gasteiger partial charge < -0.3 is 15.4 Å². The number of allylic oxidation sites excluding steroid dienone is 1. The first kappa shape index (κ1) is 17.8. The summed E-state index contributed by atoms with van der Waals surface area (Å²) >= 11 is 1.66. The zero-order valence-corrected chi connectivity index (χ0v) is 16.4. The standard InChI is InChI=1S/C21H22N2O3S/c1-11-10-15-18(20(24)17(11)21(25)26-3)19(16-9-8-12(2)27-16)23-14-7-5-4-6-13(14)22-15/h4-9,11,17,19,22-23H,10H2,1-3H3/t11-,17-,19-/m0/s1. The summed E-state index contributed by atoms with van der Waals surface area (Å²) in [5.41, 5.74) is 3.41. The molecule has 1 aliphatic carbocycles. The number of nitrogens with one attached hydrogen (secondary N) is 2. The van der Waals surface area contributed by atoms with E-state index < -0.39 is 11.9 Å². The minimum atomic E-state index is -0.762. The summed E-state index contributed by atoms with van der Waals surface area (Å²) in [6.45, 7) is 3.98. The van der Waals surface area contributed by atoms with Gasteiger partial charge in [0.2, 0.25) is 0 Å². The zero-order chi connectivity index (χ0) is 19.1. The Morgan fingerprint density at radius 3 is 2.59 bits per heavy atom. The number of carbonyl (C=O) groups excluding carboxylic acids is 2. The second-order valence-electron chi connectivity index (χ2n) is 7.14. The third-order valence-corrected chi connectivity index (χ3v) is 6.34. The fourth-order valence-electron chi connectivity index (χ4n) is 3.96. The van der Waals surface area contributed by atoms with Crippen LogP contribution in [0.1, 0.15) is 29.1 Å². The smallest absolute Gasteiger partial charge is 0.316 e. The maximum atomic E-state index is 13.4. The van der Waals surface area contributed by atoms with E-state index in [0.717, 1.165) is 21.9 Å². The summed E-state index contributed by atoms with van der Waals surface area (Å²) in [4.78, 5) is 28.0. The number of hydrogen-bond acceptors (Lipinski definition) is 6. The molecule has 2 aliphatic rings. The van der Waals surface area contributed by atoms with Crippen molar-refractivity contribution in [2.24, 2.45) is 11.8 Å². The monoisotopic (exact) mass is 382 g/mol. The average molecular weight is 382 g/mol. The van der Waals surface area contributed by atoms with E-state index in [0.29, 0.717) is 12.0 Å². The molecule has 1 aromatic carbocycles. The van der Waals surface area contributed by atoms with Crippen LogP contribution in [0, 0.1) is 18.8 Å². The van der Waals surface area contributed by atoms with Crippen LogP contribution < -0.4 is 10.6 Å². The third kappa shape index (κ3) is 3.04. The lowest BCUT2D eigenvalue weighted by Gasteiger charge is -2.32. The van der Waals surface area contributed by atoms with Crippen LogP contribution in [0.25, 0.3) is 0 Å². The number of thiophene rings is 1. The number of aryl methyl sites for hydroxylation is 1. The second-order valence-corrected chi connectivity index (χ2v) is 8.45. The number of fused-ring (bicyclic) bond motifs is 1. The first-order valence-corrected chi connectivity index (χ1v) is 9.85. The van der Waals surface area contributed by atoms with Gasteiger partial charge in [0.25, 0.3) is 0 Å². The van der Waals surface area contributed by atoms with E-state index in [1.54, 1.807) is 11.3 Å². The number of Topliss-reactive ketones (excluding diaryl/α,β-unsaturated/α-hetero) is 1. The van der Waals surface area contributed by atoms with Gasteiger partial charge in [-0.25, -0.2) is 0 Å². The summed E-state index contributed by atoms with van der Waals surface area (Å²) in [5, 5.41) is 6.98. The Hall–Kier alpha value is -2.60. The number of rotatable bonds is 2. The molecule has 2 N–H and O–H groups in total. The SMILES string of the molecule is COC(=O)[C@@H]1C(=O)C2=C(C[C@@H]1C)Nc1ccccc1N[C@H]2c1ccc(C)s1. The fourth-order valence-corrected chi connectivity index (χ4v) is 4.89. The number of carbonyl (C=O) groups is 2. The highest BCUT2D eigenvalue weighted by molar-refractivity contribution is 7.12. The highest BCUT2D eigenvalue weighted by Gasteiger charge is 2.44. The van der Waals surface area contributed by atoms with Crippen molar-refractivity contribution in [2.75, 3.05) is 17.7 Å². The van der Waals surface area contributed by atoms with Gasteiger partial charge in [0.05, 0.1) is 24.5 Å². The molecule has 2 aromatic rings. The zero-order valence-electron chi connectivity index (χ0n) is 15.5. The minimum Gasteiger partial charge on any atom is -0.468 e. The minimum absolute atomic E-state index is 0.118. The van der Waals surface area contributed by atoms with Crippen molar-refractivity contribution >= 4 is 34.5 Å². The van der Waals surface area contributed by atoms with Gasteiger partial charge in [-0.05, 0) is 43.5 Å². The number of benzene rings is 1. The van der Waals surface area contributed by atoms with Crippen molar-refractivity contribution < 1.29 is 14.3 Å². The van der Waals surface area contributed by atoms with Gasteiger partial charge in [0.1, 0.15) is 5.92 Å². The molecule has 0 amide bonds. The number of methoxy groups -OCH3 is 1. The van der Waals surface area contributed by atoms with Gasteiger partial charge in [-0.15, -0.1) is 11.3 Å². The molecule has 6 heteroatoms. The van der Waals surface area contributed by atoms with Crippen molar-refractivity contribution in [3.63, 3.8) is 0 Å². The van der Waals surface area contributed by atoms with Crippen LogP contribution in [-0.4, -0.2) is 18.9 Å². The molecular weight excluding hydrogens is 360 g/mol. The molecule has 0 unspecified atom stereocenters. The van der Waals surface area contributed by atoms with Crippen LogP contribution in [0.15, 0.2) is 47.7 Å². The van der Waals surface area contributed by atoms with Crippen molar-refractivity contribution in [1.29, 1.82) is 0 Å². The van der Waals surface area contributed by atoms with Crippen LogP contribution in [-0.2, 0) is 14.3 Å². The van der Waals surface area contributed by atoms with Crippen LogP contribution in [0.3, 0.4) is 0 Å². The lowest BCUT2D eigenvalue weighted by atomic mass is 9.75. The number of ketones is 1. The van der Waals surface area contributed by atoms with Gasteiger partial charge in [0.15, 0.2) is 5.78 Å². The van der Waals surface area contributed by atoms with Gasteiger partial charge >= 0.3 is 5.97 Å². The van der Waals surface area contributed by atoms with Gasteiger partial charge in [-0.3, -0.25) is 9.59 Å². The van der Waals surface area contributed by atoms with Crippen LogP contribution in [0.2, 0.25) is 0 Å². The maximum Gasteiger partial charge on any atom is 0.316 e. The molecule has 3 atom stereocenters. The average Bonchev–Trinajstić information content (AvgIpc) is 3.00. The summed E-state index contributed by atoms with van der Waals surface area (Å²) in [5.74, 6) is -1.49. The Kier molecular flexibility index (Phi) is 4.52. The van der Waals surface area contributed by atoms with E-state index in [-0.39, 0.29) is 17.7 Å². The van der Waals surface area contributed by atoms with E-state index in [9.17, 15) is 9.59 Å². The van der Waals surface area contributed by atoms with Crippen molar-refractivity contribution in [3.05, 3.63) is 57.4 Å². The molecule has 27 heavy (non-hydrogen) atoms. The lowest BCUT2D eigenvalue weighted by Crippen LogP contribution is -2.39. The summed E-state index contributed by atoms with van der Waals surface area (Å²) < 4.78 is 4.93. The first-order chi connectivity index (χ1) is 13.0. The van der Waals surface area contributed by atoms with Crippen LogP contribution in [0.5, 0.6) is 0 Å². The van der Waals surface area contributed by atoms with Crippen LogP contribution >= 0.6 is 11.3 Å². The largest absolute Gasteiger partial charge is 0.468 e. The van der Waals surface area contributed by atoms with E-state index in [1.807, 2.05) is 38.1 Å². The van der Waals surface area contributed by atoms with Crippen molar-refractivity contribution in [1.82, 2.24) is 0 Å². The van der Waals surface area contributed by atoms with Crippen LogP contribution in [0.4, 0.5) is 11.4 Å². The number of esters is 1. The maximum absolute atomic E-state index is 13.4. The topological polar surface area (TPSA) is 67.4 Å². The second kappa shape index (κ2) is 6.85. The molecule has 0 spiro atoms.